The molecule has 43 heavy (non-hydrogen) atoms. The number of thioether (sulfide) groups is 1. The highest BCUT2D eigenvalue weighted by Crippen LogP contribution is 2.35. The molecule has 3 heterocycles. The first-order valence-corrected chi connectivity index (χ1v) is 15.7. The fraction of sp³-hybridized carbons (Fsp3) is 0.286. The number of halogens is 1. The van der Waals surface area contributed by atoms with Crippen molar-refractivity contribution >= 4 is 63.2 Å². The maximum Gasteiger partial charge on any atom is 0.348 e. The Hall–Kier alpha value is -4.08. The highest BCUT2D eigenvalue weighted by molar-refractivity contribution is 8.00. The minimum Gasteiger partial charge on any atom is -0.462 e. The maximum absolute atomic E-state index is 13.7. The molecule has 1 aromatic carbocycles. The van der Waals surface area contributed by atoms with E-state index in [0.717, 1.165) is 23.1 Å². The summed E-state index contributed by atoms with van der Waals surface area (Å²) < 4.78 is 25.6. The third kappa shape index (κ3) is 7.47. The van der Waals surface area contributed by atoms with Crippen molar-refractivity contribution in [2.24, 2.45) is 0 Å². The van der Waals surface area contributed by atoms with Gasteiger partial charge >= 0.3 is 11.9 Å². The zero-order valence-electron chi connectivity index (χ0n) is 23.6. The lowest BCUT2D eigenvalue weighted by molar-refractivity contribution is -0.115. The number of thiophene rings is 2. The van der Waals surface area contributed by atoms with Crippen LogP contribution in [0.25, 0.3) is 5.69 Å². The summed E-state index contributed by atoms with van der Waals surface area (Å²) >= 11 is 3.30. The summed E-state index contributed by atoms with van der Waals surface area (Å²) in [5.74, 6) is -2.11. The zero-order valence-corrected chi connectivity index (χ0v) is 26.1. The molecule has 11 nitrogen and oxygen atoms in total. The largest absolute Gasteiger partial charge is 0.462 e. The lowest BCUT2D eigenvalue weighted by atomic mass is 10.1. The number of ether oxygens (including phenoxy) is 2. The van der Waals surface area contributed by atoms with E-state index < -0.39 is 28.9 Å². The minimum absolute atomic E-state index is 0.0241. The van der Waals surface area contributed by atoms with E-state index in [2.05, 4.69) is 20.8 Å². The predicted octanol–water partition coefficient (Wildman–Crippen LogP) is 5.24. The van der Waals surface area contributed by atoms with Gasteiger partial charge < -0.3 is 20.1 Å². The molecule has 226 valence electrons. The quantitative estimate of drug-likeness (QED) is 0.156. The first kappa shape index (κ1) is 31.8. The molecule has 2 amide bonds. The smallest absolute Gasteiger partial charge is 0.348 e. The Balaban J connectivity index is 1.58. The summed E-state index contributed by atoms with van der Waals surface area (Å²) in [5, 5.41) is 15.5. The van der Waals surface area contributed by atoms with E-state index in [4.69, 9.17) is 9.47 Å². The van der Waals surface area contributed by atoms with E-state index >= 15 is 0 Å². The molecule has 0 aliphatic rings. The summed E-state index contributed by atoms with van der Waals surface area (Å²) in [6, 6.07) is 9.11. The molecule has 0 bridgehead atoms. The highest BCUT2D eigenvalue weighted by Gasteiger charge is 2.29. The van der Waals surface area contributed by atoms with Gasteiger partial charge in [0.1, 0.15) is 15.7 Å². The molecule has 0 spiro atoms. The second kappa shape index (κ2) is 14.4. The minimum atomic E-state index is -0.763. The topological polar surface area (TPSA) is 142 Å². The van der Waals surface area contributed by atoms with E-state index in [1.165, 1.54) is 35.6 Å². The van der Waals surface area contributed by atoms with Gasteiger partial charge in [0.25, 0.3) is 5.91 Å². The van der Waals surface area contributed by atoms with Crippen LogP contribution in [-0.4, -0.2) is 57.0 Å². The number of carbonyl (C=O) groups excluding carboxylic acids is 4. The Kier molecular flexibility index (Phi) is 10.7. The molecule has 1 atom stereocenters. The van der Waals surface area contributed by atoms with Crippen LogP contribution in [0.5, 0.6) is 0 Å². The molecule has 3 aromatic heterocycles. The van der Waals surface area contributed by atoms with Crippen LogP contribution < -0.4 is 10.6 Å². The molecular weight excluding hydrogens is 618 g/mol. The molecule has 0 fully saturated rings. The molecule has 0 aliphatic carbocycles. The number of aromatic nitrogens is 3. The summed E-state index contributed by atoms with van der Waals surface area (Å²) in [5.41, 5.74) is 0.959. The number of amides is 2. The van der Waals surface area contributed by atoms with Gasteiger partial charge in [-0.25, -0.2) is 14.0 Å². The summed E-state index contributed by atoms with van der Waals surface area (Å²) in [6.07, 6.45) is 0. The number of anilines is 1. The zero-order chi connectivity index (χ0) is 31.1. The molecule has 0 aliphatic heterocycles. The van der Waals surface area contributed by atoms with Crippen LogP contribution in [0.15, 0.2) is 46.9 Å². The molecular formula is C28H28FN5O6S3. The average Bonchev–Trinajstić information content (AvgIpc) is 3.72. The van der Waals surface area contributed by atoms with Crippen LogP contribution in [0.3, 0.4) is 0 Å². The number of hydrogen-bond donors (Lipinski definition) is 2. The lowest BCUT2D eigenvalue weighted by Gasteiger charge is -2.14. The summed E-state index contributed by atoms with van der Waals surface area (Å²) in [6.45, 7) is 6.83. The fourth-order valence-electron chi connectivity index (χ4n) is 3.86. The van der Waals surface area contributed by atoms with Gasteiger partial charge in [0, 0.05) is 5.69 Å². The van der Waals surface area contributed by atoms with Crippen LogP contribution in [0, 0.1) is 12.7 Å². The van der Waals surface area contributed by atoms with Crippen molar-refractivity contribution in [3.63, 3.8) is 0 Å². The Morgan fingerprint density at radius 2 is 1.74 bits per heavy atom. The average molecular weight is 646 g/mol. The molecule has 0 radical (unpaired) electrons. The van der Waals surface area contributed by atoms with E-state index in [0.29, 0.717) is 27.1 Å². The monoisotopic (exact) mass is 645 g/mol. The van der Waals surface area contributed by atoms with Crippen molar-refractivity contribution < 1.29 is 33.0 Å². The van der Waals surface area contributed by atoms with Crippen LogP contribution >= 0.6 is 34.4 Å². The van der Waals surface area contributed by atoms with Crippen molar-refractivity contribution in [1.29, 1.82) is 0 Å². The summed E-state index contributed by atoms with van der Waals surface area (Å²) in [4.78, 5) is 51.8. The lowest BCUT2D eigenvalue weighted by Crippen LogP contribution is -2.25. The Morgan fingerprint density at radius 1 is 1.05 bits per heavy atom. The number of rotatable bonds is 12. The standard InChI is InChI=1S/C28H28FN5O6S3/c1-5-39-26(37)21-15(3)22(27(38)40-6-2)43-25(21)31-23(35)16(4)42-28-33-32-20(14-30-24(36)19-8-7-13-41-19)34(28)18-11-9-17(29)10-12-18/h7-13,16H,5-6,14H2,1-4H3,(H,30,36)(H,31,35)/t16-/m1/s1. The number of nitrogens with zero attached hydrogens (tertiary/aromatic N) is 3. The van der Waals surface area contributed by atoms with E-state index in [1.807, 2.05) is 0 Å². The van der Waals surface area contributed by atoms with Crippen LogP contribution in [-0.2, 0) is 20.8 Å². The second-order valence-corrected chi connectivity index (χ2v) is 12.1. The van der Waals surface area contributed by atoms with Gasteiger partial charge in [-0.2, -0.15) is 0 Å². The molecule has 2 N–H and O–H groups in total. The van der Waals surface area contributed by atoms with Crippen LogP contribution in [0.4, 0.5) is 9.39 Å². The molecule has 4 aromatic rings. The molecule has 0 saturated carbocycles. The van der Waals surface area contributed by atoms with Crippen LogP contribution in [0.2, 0.25) is 0 Å². The third-order valence-electron chi connectivity index (χ3n) is 5.91. The number of nitrogens with one attached hydrogen (secondary N) is 2. The van der Waals surface area contributed by atoms with Crippen molar-refractivity contribution in [3.05, 3.63) is 74.3 Å². The Bertz CT molecular complexity index is 1620. The maximum atomic E-state index is 13.7. The van der Waals surface area contributed by atoms with Crippen LogP contribution in [0.1, 0.15) is 61.9 Å². The fourth-order valence-corrected chi connectivity index (χ4v) is 6.48. The van der Waals surface area contributed by atoms with Gasteiger partial charge in [0.15, 0.2) is 11.0 Å². The van der Waals surface area contributed by atoms with E-state index in [-0.39, 0.29) is 41.1 Å². The third-order valence-corrected chi connectivity index (χ3v) is 9.01. The normalized spacial score (nSPS) is 11.6. The number of carbonyl (C=O) groups is 4. The first-order chi connectivity index (χ1) is 20.6. The molecule has 15 heteroatoms. The first-order valence-electron chi connectivity index (χ1n) is 13.1. The van der Waals surface area contributed by atoms with Crippen molar-refractivity contribution in [2.45, 2.75) is 44.6 Å². The van der Waals surface area contributed by atoms with Gasteiger partial charge in [0.2, 0.25) is 5.91 Å². The highest BCUT2D eigenvalue weighted by atomic mass is 32.2. The molecule has 0 saturated heterocycles. The van der Waals surface area contributed by atoms with Gasteiger partial charge in [-0.1, -0.05) is 17.8 Å². The van der Waals surface area contributed by atoms with Gasteiger partial charge in [0.05, 0.1) is 35.4 Å². The summed E-state index contributed by atoms with van der Waals surface area (Å²) in [7, 11) is 0. The van der Waals surface area contributed by atoms with Gasteiger partial charge in [-0.15, -0.1) is 32.9 Å². The van der Waals surface area contributed by atoms with Crippen molar-refractivity contribution in [3.8, 4) is 5.69 Å². The van der Waals surface area contributed by atoms with E-state index in [9.17, 15) is 23.6 Å². The van der Waals surface area contributed by atoms with Crippen molar-refractivity contribution in [2.75, 3.05) is 18.5 Å². The number of benzene rings is 1. The van der Waals surface area contributed by atoms with Gasteiger partial charge in [-0.05, 0) is 69.0 Å². The molecule has 0 unspecified atom stereocenters. The van der Waals surface area contributed by atoms with E-state index in [1.54, 1.807) is 49.8 Å². The van der Waals surface area contributed by atoms with Gasteiger partial charge in [-0.3, -0.25) is 14.2 Å². The number of hydrogen-bond acceptors (Lipinski definition) is 11. The Morgan fingerprint density at radius 3 is 2.40 bits per heavy atom. The predicted molar refractivity (Wildman–Crippen MR) is 162 cm³/mol. The Labute approximate surface area is 258 Å². The van der Waals surface area contributed by atoms with Crippen molar-refractivity contribution in [1.82, 2.24) is 20.1 Å². The second-order valence-electron chi connectivity index (χ2n) is 8.82. The molecule has 4 rings (SSSR count). The SMILES string of the molecule is CCOC(=O)c1sc(NC(=O)[C@@H](C)Sc2nnc(CNC(=O)c3cccs3)n2-c2ccc(F)cc2)c(C(=O)OCC)c1C. The number of esters is 2.